The lowest BCUT2D eigenvalue weighted by Gasteiger charge is -2.06. The number of rotatable bonds is 5. The van der Waals surface area contributed by atoms with Gasteiger partial charge in [-0.15, -0.1) is 0 Å². The summed E-state index contributed by atoms with van der Waals surface area (Å²) in [6.07, 6.45) is 3.57. The Labute approximate surface area is 174 Å². The molecule has 144 valence electrons. The van der Waals surface area contributed by atoms with E-state index in [0.717, 1.165) is 28.4 Å². The number of benzene rings is 3. The van der Waals surface area contributed by atoms with E-state index in [0.29, 0.717) is 5.88 Å². The molecule has 2 aromatic heterocycles. The van der Waals surface area contributed by atoms with Crippen molar-refractivity contribution in [3.05, 3.63) is 109 Å². The molecular formula is C26H19N3O. The van der Waals surface area contributed by atoms with E-state index in [4.69, 9.17) is 4.74 Å². The van der Waals surface area contributed by atoms with Crippen LogP contribution in [0.25, 0.3) is 33.8 Å². The average molecular weight is 389 g/mol. The fraction of sp³-hybridized carbons (Fsp3) is 0. The zero-order valence-electron chi connectivity index (χ0n) is 16.2. The second-order valence-corrected chi connectivity index (χ2v) is 6.89. The Balaban J connectivity index is 1.37. The average Bonchev–Trinajstić information content (AvgIpc) is 3.31. The number of pyridine rings is 1. The van der Waals surface area contributed by atoms with E-state index in [1.54, 1.807) is 6.20 Å². The maximum atomic E-state index is 5.83. The standard InChI is InChI=1S/C26H19N3O/c1-2-7-19(8-3-1)20-12-14-21(15-13-20)24-18-28-26(29-24)22-9-6-10-23(17-22)30-25-11-4-5-16-27-25/h1-18H,(H,28,29). The van der Waals surface area contributed by atoms with Crippen molar-refractivity contribution in [2.24, 2.45) is 0 Å². The molecule has 0 fully saturated rings. The lowest BCUT2D eigenvalue weighted by atomic mass is 10.0. The van der Waals surface area contributed by atoms with E-state index >= 15 is 0 Å². The van der Waals surface area contributed by atoms with Gasteiger partial charge in [0, 0.05) is 17.8 Å². The molecule has 0 aliphatic rings. The van der Waals surface area contributed by atoms with Crippen molar-refractivity contribution < 1.29 is 4.74 Å². The smallest absolute Gasteiger partial charge is 0.219 e. The van der Waals surface area contributed by atoms with Gasteiger partial charge in [-0.25, -0.2) is 9.97 Å². The van der Waals surface area contributed by atoms with Gasteiger partial charge in [-0.05, 0) is 34.9 Å². The van der Waals surface area contributed by atoms with Gasteiger partial charge in [0.15, 0.2) is 0 Å². The summed E-state index contributed by atoms with van der Waals surface area (Å²) in [4.78, 5) is 12.2. The molecular weight excluding hydrogens is 370 g/mol. The van der Waals surface area contributed by atoms with Crippen molar-refractivity contribution in [3.8, 4) is 45.4 Å². The monoisotopic (exact) mass is 389 g/mol. The quantitative estimate of drug-likeness (QED) is 0.368. The Morgan fingerprint density at radius 1 is 0.600 bits per heavy atom. The molecule has 3 aromatic carbocycles. The first-order chi connectivity index (χ1) is 14.8. The summed E-state index contributed by atoms with van der Waals surface area (Å²) in [7, 11) is 0. The molecule has 0 aliphatic heterocycles. The van der Waals surface area contributed by atoms with Gasteiger partial charge in [-0.3, -0.25) is 0 Å². The van der Waals surface area contributed by atoms with Crippen LogP contribution in [-0.2, 0) is 0 Å². The molecule has 0 atom stereocenters. The molecule has 2 heterocycles. The zero-order valence-corrected chi connectivity index (χ0v) is 16.2. The van der Waals surface area contributed by atoms with Gasteiger partial charge in [-0.2, -0.15) is 0 Å². The molecule has 0 saturated carbocycles. The molecule has 5 aromatic rings. The molecule has 30 heavy (non-hydrogen) atoms. The number of hydrogen-bond donors (Lipinski definition) is 1. The third-order valence-corrected chi connectivity index (χ3v) is 4.85. The van der Waals surface area contributed by atoms with E-state index in [1.807, 2.05) is 54.7 Å². The first kappa shape index (κ1) is 17.9. The fourth-order valence-electron chi connectivity index (χ4n) is 3.32. The molecule has 0 saturated heterocycles. The molecule has 0 amide bonds. The summed E-state index contributed by atoms with van der Waals surface area (Å²) in [5.74, 6) is 2.08. The number of H-pyrrole nitrogens is 1. The molecule has 4 nitrogen and oxygen atoms in total. The third-order valence-electron chi connectivity index (χ3n) is 4.85. The number of aromatic nitrogens is 3. The van der Waals surface area contributed by atoms with Crippen LogP contribution in [0.4, 0.5) is 0 Å². The molecule has 0 spiro atoms. The predicted molar refractivity (Wildman–Crippen MR) is 119 cm³/mol. The number of nitrogens with one attached hydrogen (secondary N) is 1. The Morgan fingerprint density at radius 3 is 2.13 bits per heavy atom. The Kier molecular flexibility index (Phi) is 4.80. The first-order valence-corrected chi connectivity index (χ1v) is 9.75. The fourth-order valence-corrected chi connectivity index (χ4v) is 3.32. The predicted octanol–water partition coefficient (Wildman–Crippen LogP) is 6.60. The van der Waals surface area contributed by atoms with Crippen molar-refractivity contribution in [2.75, 3.05) is 0 Å². The summed E-state index contributed by atoms with van der Waals surface area (Å²) >= 11 is 0. The maximum absolute atomic E-state index is 5.83. The van der Waals surface area contributed by atoms with E-state index in [9.17, 15) is 0 Å². The van der Waals surface area contributed by atoms with Gasteiger partial charge in [0.05, 0.1) is 11.9 Å². The van der Waals surface area contributed by atoms with Gasteiger partial charge < -0.3 is 9.72 Å². The van der Waals surface area contributed by atoms with Crippen LogP contribution in [0, 0.1) is 0 Å². The van der Waals surface area contributed by atoms with Crippen molar-refractivity contribution in [1.29, 1.82) is 0 Å². The highest BCUT2D eigenvalue weighted by molar-refractivity contribution is 5.70. The second-order valence-electron chi connectivity index (χ2n) is 6.89. The van der Waals surface area contributed by atoms with Crippen LogP contribution >= 0.6 is 0 Å². The molecule has 4 heteroatoms. The number of ether oxygens (including phenoxy) is 1. The summed E-state index contributed by atoms with van der Waals surface area (Å²) in [6, 6.07) is 32.3. The van der Waals surface area contributed by atoms with Crippen LogP contribution in [-0.4, -0.2) is 15.0 Å². The van der Waals surface area contributed by atoms with Crippen LogP contribution < -0.4 is 4.74 Å². The first-order valence-electron chi connectivity index (χ1n) is 9.75. The van der Waals surface area contributed by atoms with Crippen LogP contribution in [0.2, 0.25) is 0 Å². The second kappa shape index (κ2) is 8.05. The number of hydrogen-bond acceptors (Lipinski definition) is 3. The van der Waals surface area contributed by atoms with Crippen molar-refractivity contribution in [1.82, 2.24) is 15.0 Å². The van der Waals surface area contributed by atoms with E-state index < -0.39 is 0 Å². The summed E-state index contributed by atoms with van der Waals surface area (Å²) in [5.41, 5.74) is 5.42. The normalized spacial score (nSPS) is 10.7. The van der Waals surface area contributed by atoms with E-state index in [-0.39, 0.29) is 0 Å². The van der Waals surface area contributed by atoms with E-state index in [2.05, 4.69) is 63.5 Å². The molecule has 0 bridgehead atoms. The maximum Gasteiger partial charge on any atom is 0.219 e. The summed E-state index contributed by atoms with van der Waals surface area (Å²) in [6.45, 7) is 0. The van der Waals surface area contributed by atoms with Crippen molar-refractivity contribution in [2.45, 2.75) is 0 Å². The lowest BCUT2D eigenvalue weighted by molar-refractivity contribution is 0.463. The highest BCUT2D eigenvalue weighted by Crippen LogP contribution is 2.28. The topological polar surface area (TPSA) is 50.8 Å². The van der Waals surface area contributed by atoms with Gasteiger partial charge in [0.25, 0.3) is 0 Å². The van der Waals surface area contributed by atoms with Crippen molar-refractivity contribution >= 4 is 0 Å². The minimum atomic E-state index is 0.563. The zero-order chi connectivity index (χ0) is 20.2. The SMILES string of the molecule is c1ccc(-c2ccc(-c3cnc(-c4cccc(Oc5ccccn5)c4)[nH]3)cc2)cc1. The van der Waals surface area contributed by atoms with Crippen LogP contribution in [0.15, 0.2) is 109 Å². The van der Waals surface area contributed by atoms with Gasteiger partial charge >= 0.3 is 0 Å². The Bertz CT molecular complexity index is 1250. The third kappa shape index (κ3) is 3.84. The molecule has 0 aliphatic carbocycles. The largest absolute Gasteiger partial charge is 0.439 e. The molecule has 0 radical (unpaired) electrons. The Hall–Kier alpha value is -4.18. The van der Waals surface area contributed by atoms with Gasteiger partial charge in [-0.1, -0.05) is 72.8 Å². The van der Waals surface area contributed by atoms with Crippen LogP contribution in [0.1, 0.15) is 0 Å². The minimum absolute atomic E-state index is 0.563. The lowest BCUT2D eigenvalue weighted by Crippen LogP contribution is -1.88. The molecule has 0 unspecified atom stereocenters. The molecule has 1 N–H and O–H groups in total. The van der Waals surface area contributed by atoms with Crippen LogP contribution in [0.5, 0.6) is 11.6 Å². The Morgan fingerprint density at radius 2 is 1.33 bits per heavy atom. The number of imidazole rings is 1. The summed E-state index contributed by atoms with van der Waals surface area (Å²) in [5, 5.41) is 0. The highest BCUT2D eigenvalue weighted by Gasteiger charge is 2.08. The summed E-state index contributed by atoms with van der Waals surface area (Å²) < 4.78 is 5.83. The van der Waals surface area contributed by atoms with Crippen molar-refractivity contribution in [3.63, 3.8) is 0 Å². The van der Waals surface area contributed by atoms with Gasteiger partial charge in [0.2, 0.25) is 5.88 Å². The minimum Gasteiger partial charge on any atom is -0.439 e. The number of aromatic amines is 1. The van der Waals surface area contributed by atoms with E-state index in [1.165, 1.54) is 11.1 Å². The highest BCUT2D eigenvalue weighted by atomic mass is 16.5. The molecule has 5 rings (SSSR count). The van der Waals surface area contributed by atoms with Crippen LogP contribution in [0.3, 0.4) is 0 Å². The number of nitrogens with zero attached hydrogens (tertiary/aromatic N) is 2. The van der Waals surface area contributed by atoms with Gasteiger partial charge in [0.1, 0.15) is 11.6 Å².